The van der Waals surface area contributed by atoms with Crippen LogP contribution in [-0.2, 0) is 0 Å². The highest BCUT2D eigenvalue weighted by Crippen LogP contribution is 2.32. The number of ether oxygens (including phenoxy) is 1. The normalized spacial score (nSPS) is 10.3. The van der Waals surface area contributed by atoms with Gasteiger partial charge in [0.25, 0.3) is 0 Å². The molecule has 0 spiro atoms. The van der Waals surface area contributed by atoms with Gasteiger partial charge < -0.3 is 10.5 Å². The molecule has 88 valence electrons. The SMILES string of the molecule is Nc1cc(Cl)nc(Oc2ccc(Br)cc2Br)c1. The number of aromatic nitrogens is 1. The van der Waals surface area contributed by atoms with Crippen molar-refractivity contribution < 1.29 is 4.74 Å². The van der Waals surface area contributed by atoms with Crippen molar-refractivity contribution in [3.8, 4) is 11.6 Å². The summed E-state index contributed by atoms with van der Waals surface area (Å²) in [6.07, 6.45) is 0. The fraction of sp³-hybridized carbons (Fsp3) is 0. The van der Waals surface area contributed by atoms with E-state index in [4.69, 9.17) is 22.1 Å². The molecule has 0 fully saturated rings. The second-order valence-corrected chi connectivity index (χ2v) is 5.40. The highest BCUT2D eigenvalue weighted by Gasteiger charge is 2.06. The van der Waals surface area contributed by atoms with E-state index in [1.54, 1.807) is 12.1 Å². The molecule has 0 unspecified atom stereocenters. The van der Waals surface area contributed by atoms with E-state index in [1.807, 2.05) is 18.2 Å². The van der Waals surface area contributed by atoms with Crippen molar-refractivity contribution in [3.63, 3.8) is 0 Å². The number of hydrogen-bond acceptors (Lipinski definition) is 3. The van der Waals surface area contributed by atoms with Gasteiger partial charge in [-0.3, -0.25) is 0 Å². The smallest absolute Gasteiger partial charge is 0.222 e. The van der Waals surface area contributed by atoms with E-state index < -0.39 is 0 Å². The van der Waals surface area contributed by atoms with Crippen molar-refractivity contribution >= 4 is 49.1 Å². The number of anilines is 1. The Morgan fingerprint density at radius 3 is 2.59 bits per heavy atom. The quantitative estimate of drug-likeness (QED) is 0.775. The number of rotatable bonds is 2. The molecular formula is C11H7Br2ClN2O. The van der Waals surface area contributed by atoms with Gasteiger partial charge in [-0.25, -0.2) is 4.98 Å². The van der Waals surface area contributed by atoms with Crippen LogP contribution in [0.5, 0.6) is 11.6 Å². The first kappa shape index (κ1) is 12.7. The van der Waals surface area contributed by atoms with Crippen LogP contribution in [0.15, 0.2) is 39.3 Å². The lowest BCUT2D eigenvalue weighted by Gasteiger charge is -2.08. The largest absolute Gasteiger partial charge is 0.438 e. The Hall–Kier alpha value is -0.780. The van der Waals surface area contributed by atoms with Crippen molar-refractivity contribution in [1.29, 1.82) is 0 Å². The van der Waals surface area contributed by atoms with Crippen LogP contribution in [0.2, 0.25) is 5.15 Å². The summed E-state index contributed by atoms with van der Waals surface area (Å²) in [5.74, 6) is 1.00. The molecular weight excluding hydrogens is 371 g/mol. The van der Waals surface area contributed by atoms with Gasteiger partial charge in [-0.15, -0.1) is 0 Å². The van der Waals surface area contributed by atoms with E-state index in [-0.39, 0.29) is 0 Å². The van der Waals surface area contributed by atoms with Crippen LogP contribution in [0, 0.1) is 0 Å². The monoisotopic (exact) mass is 376 g/mol. The molecule has 0 bridgehead atoms. The van der Waals surface area contributed by atoms with E-state index in [9.17, 15) is 0 Å². The molecule has 17 heavy (non-hydrogen) atoms. The molecule has 0 saturated carbocycles. The minimum atomic E-state index is 0.299. The minimum absolute atomic E-state index is 0.299. The first-order chi connectivity index (χ1) is 8.04. The van der Waals surface area contributed by atoms with Crippen molar-refractivity contribution in [2.45, 2.75) is 0 Å². The fourth-order valence-electron chi connectivity index (χ4n) is 1.21. The standard InChI is InChI=1S/C11H7Br2ClN2O/c12-6-1-2-9(8(13)3-6)17-11-5-7(15)4-10(14)16-11/h1-5H,(H2,15,16). The van der Waals surface area contributed by atoms with Gasteiger partial charge in [-0.05, 0) is 40.2 Å². The van der Waals surface area contributed by atoms with Gasteiger partial charge in [-0.2, -0.15) is 0 Å². The number of hydrogen-bond donors (Lipinski definition) is 1. The average molecular weight is 378 g/mol. The van der Waals surface area contributed by atoms with Gasteiger partial charge in [0.2, 0.25) is 5.88 Å². The summed E-state index contributed by atoms with van der Waals surface area (Å²) in [4.78, 5) is 4.02. The van der Waals surface area contributed by atoms with Gasteiger partial charge in [0.05, 0.1) is 4.47 Å². The molecule has 0 saturated heterocycles. The molecule has 1 aromatic heterocycles. The van der Waals surface area contributed by atoms with Gasteiger partial charge >= 0.3 is 0 Å². The lowest BCUT2D eigenvalue weighted by Crippen LogP contribution is -1.92. The lowest BCUT2D eigenvalue weighted by molar-refractivity contribution is 0.460. The van der Waals surface area contributed by atoms with Gasteiger partial charge in [0.15, 0.2) is 0 Å². The highest BCUT2D eigenvalue weighted by atomic mass is 79.9. The topological polar surface area (TPSA) is 48.1 Å². The molecule has 2 aromatic rings. The Bertz CT molecular complexity index is 543. The predicted octanol–water partition coefficient (Wildman–Crippen LogP) is 4.63. The molecule has 0 atom stereocenters. The summed E-state index contributed by atoms with van der Waals surface area (Å²) in [6.45, 7) is 0. The second kappa shape index (κ2) is 5.25. The van der Waals surface area contributed by atoms with E-state index in [0.717, 1.165) is 8.95 Å². The van der Waals surface area contributed by atoms with Crippen molar-refractivity contribution in [3.05, 3.63) is 44.4 Å². The number of pyridine rings is 1. The molecule has 0 aliphatic rings. The van der Waals surface area contributed by atoms with Crippen LogP contribution in [-0.4, -0.2) is 4.98 Å². The Morgan fingerprint density at radius 1 is 1.18 bits per heavy atom. The van der Waals surface area contributed by atoms with Gasteiger partial charge in [-0.1, -0.05) is 27.5 Å². The number of benzene rings is 1. The molecule has 0 aliphatic heterocycles. The predicted molar refractivity (Wildman–Crippen MR) is 75.6 cm³/mol. The average Bonchev–Trinajstić information content (AvgIpc) is 2.21. The molecule has 1 heterocycles. The maximum Gasteiger partial charge on any atom is 0.222 e. The summed E-state index contributed by atoms with van der Waals surface area (Å²) in [5.41, 5.74) is 6.16. The number of halogens is 3. The van der Waals surface area contributed by atoms with Crippen molar-refractivity contribution in [1.82, 2.24) is 4.98 Å². The van der Waals surface area contributed by atoms with Crippen LogP contribution in [0.4, 0.5) is 5.69 Å². The van der Waals surface area contributed by atoms with Gasteiger partial charge in [0.1, 0.15) is 10.9 Å². The zero-order valence-corrected chi connectivity index (χ0v) is 12.4. The summed E-state index contributed by atoms with van der Waals surface area (Å²) in [7, 11) is 0. The molecule has 1 aromatic carbocycles. The lowest BCUT2D eigenvalue weighted by atomic mass is 10.3. The summed E-state index contributed by atoms with van der Waals surface area (Å²) in [5, 5.41) is 0.299. The van der Waals surface area contributed by atoms with E-state index in [1.165, 1.54) is 0 Å². The summed E-state index contributed by atoms with van der Waals surface area (Å²) >= 11 is 12.5. The van der Waals surface area contributed by atoms with Crippen LogP contribution in [0.1, 0.15) is 0 Å². The number of nitrogens with zero attached hydrogens (tertiary/aromatic N) is 1. The van der Waals surface area contributed by atoms with Crippen LogP contribution in [0.3, 0.4) is 0 Å². The third kappa shape index (κ3) is 3.34. The van der Waals surface area contributed by atoms with Crippen LogP contribution < -0.4 is 10.5 Å². The van der Waals surface area contributed by atoms with E-state index >= 15 is 0 Å². The van der Waals surface area contributed by atoms with Gasteiger partial charge in [0, 0.05) is 16.2 Å². The van der Waals surface area contributed by atoms with Crippen molar-refractivity contribution in [2.75, 3.05) is 5.73 Å². The molecule has 0 aliphatic carbocycles. The molecule has 2 rings (SSSR count). The van der Waals surface area contributed by atoms with Crippen LogP contribution >= 0.6 is 43.5 Å². The minimum Gasteiger partial charge on any atom is -0.438 e. The molecule has 6 heteroatoms. The maximum absolute atomic E-state index is 5.79. The third-order valence-corrected chi connectivity index (χ3v) is 3.21. The Labute approximate surface area is 120 Å². The molecule has 2 N–H and O–H groups in total. The molecule has 0 amide bonds. The van der Waals surface area contributed by atoms with E-state index in [0.29, 0.717) is 22.5 Å². The first-order valence-electron chi connectivity index (χ1n) is 4.60. The Kier molecular flexibility index (Phi) is 3.91. The van der Waals surface area contributed by atoms with E-state index in [2.05, 4.69) is 36.8 Å². The highest BCUT2D eigenvalue weighted by molar-refractivity contribution is 9.11. The zero-order chi connectivity index (χ0) is 12.4. The maximum atomic E-state index is 5.79. The number of nitrogens with two attached hydrogens (primary N) is 1. The Morgan fingerprint density at radius 2 is 1.94 bits per heavy atom. The molecule has 0 radical (unpaired) electrons. The molecule has 3 nitrogen and oxygen atoms in total. The van der Waals surface area contributed by atoms with Crippen molar-refractivity contribution in [2.24, 2.45) is 0 Å². The third-order valence-electron chi connectivity index (χ3n) is 1.90. The fourth-order valence-corrected chi connectivity index (χ4v) is 2.55. The zero-order valence-electron chi connectivity index (χ0n) is 8.45. The second-order valence-electron chi connectivity index (χ2n) is 3.24. The number of nitrogen functional groups attached to an aromatic ring is 1. The Balaban J connectivity index is 2.31. The first-order valence-corrected chi connectivity index (χ1v) is 6.57. The summed E-state index contributed by atoms with van der Waals surface area (Å²) in [6, 6.07) is 8.73. The summed E-state index contributed by atoms with van der Waals surface area (Å²) < 4.78 is 7.35. The van der Waals surface area contributed by atoms with Crippen LogP contribution in [0.25, 0.3) is 0 Å².